The highest BCUT2D eigenvalue weighted by atomic mass is 16.5. The number of hydrogen-bond acceptors (Lipinski definition) is 7. The summed E-state index contributed by atoms with van der Waals surface area (Å²) < 4.78 is 15.7. The van der Waals surface area contributed by atoms with Gasteiger partial charge in [0.25, 0.3) is 0 Å². The maximum atomic E-state index is 12.2. The van der Waals surface area contributed by atoms with E-state index < -0.39 is 24.2 Å². The molecule has 4 atom stereocenters. The van der Waals surface area contributed by atoms with Crippen molar-refractivity contribution in [3.63, 3.8) is 0 Å². The highest BCUT2D eigenvalue weighted by Crippen LogP contribution is 2.29. The van der Waals surface area contributed by atoms with Gasteiger partial charge >= 0.3 is 5.97 Å². The molecule has 1 aliphatic rings. The van der Waals surface area contributed by atoms with Gasteiger partial charge in [-0.05, 0) is 31.4 Å². The minimum atomic E-state index is -0.873. The average Bonchev–Trinajstić information content (AvgIpc) is 3.00. The molecule has 0 bridgehead atoms. The lowest BCUT2D eigenvalue weighted by Gasteiger charge is -2.22. The predicted octanol–water partition coefficient (Wildman–Crippen LogP) is 2.05. The molecular weight excluding hydrogens is 376 g/mol. The van der Waals surface area contributed by atoms with E-state index in [1.165, 1.54) is 7.11 Å². The standard InChI is InChI=1S/C22H30O7/c1-27-21(26)12-8-3-2-7-11-18-19(24)13-20(25)22(18)29-15-16(23)14-28-17-9-5-4-6-10-17/h2,4-7,9-10,16,18,20,22-23,25H,3,8,11-15H2,1H3/t16?,18-,20+,22+/m0/s1. The summed E-state index contributed by atoms with van der Waals surface area (Å²) in [6.07, 6.45) is 3.67. The molecule has 0 heterocycles. The van der Waals surface area contributed by atoms with Crippen LogP contribution < -0.4 is 4.74 Å². The van der Waals surface area contributed by atoms with Gasteiger partial charge in [-0.15, -0.1) is 0 Å². The van der Waals surface area contributed by atoms with Crippen LogP contribution in [0.25, 0.3) is 0 Å². The second kappa shape index (κ2) is 12.4. The van der Waals surface area contributed by atoms with E-state index in [0.717, 1.165) is 0 Å². The van der Waals surface area contributed by atoms with Gasteiger partial charge in [0.1, 0.15) is 24.2 Å². The Morgan fingerprint density at radius 2 is 2.00 bits per heavy atom. The number of esters is 1. The Bertz CT molecular complexity index is 658. The normalized spacial score (nSPS) is 22.7. The van der Waals surface area contributed by atoms with E-state index in [2.05, 4.69) is 4.74 Å². The van der Waals surface area contributed by atoms with Crippen molar-refractivity contribution >= 4 is 11.8 Å². The molecule has 1 aromatic carbocycles. The lowest BCUT2D eigenvalue weighted by molar-refractivity contribution is -0.140. The number of carbonyl (C=O) groups excluding carboxylic acids is 2. The molecular formula is C22H30O7. The second-order valence-electron chi connectivity index (χ2n) is 7.10. The van der Waals surface area contributed by atoms with Gasteiger partial charge in [-0.2, -0.15) is 0 Å². The number of carbonyl (C=O) groups is 2. The van der Waals surface area contributed by atoms with Crippen LogP contribution in [0.4, 0.5) is 0 Å². The van der Waals surface area contributed by atoms with Crippen LogP contribution in [0.2, 0.25) is 0 Å². The lowest BCUT2D eigenvalue weighted by atomic mass is 9.99. The number of unbranched alkanes of at least 4 members (excludes halogenated alkanes) is 1. The van der Waals surface area contributed by atoms with Gasteiger partial charge in [0, 0.05) is 18.8 Å². The molecule has 0 aliphatic heterocycles. The number of rotatable bonds is 12. The van der Waals surface area contributed by atoms with Crippen LogP contribution in [0.1, 0.15) is 32.1 Å². The fourth-order valence-corrected chi connectivity index (χ4v) is 3.22. The molecule has 0 amide bonds. The minimum Gasteiger partial charge on any atom is -0.491 e. The highest BCUT2D eigenvalue weighted by molar-refractivity contribution is 5.85. The number of ketones is 1. The topological polar surface area (TPSA) is 102 Å². The Kier molecular flexibility index (Phi) is 9.83. The average molecular weight is 406 g/mol. The number of benzene rings is 1. The van der Waals surface area contributed by atoms with Crippen LogP contribution in [-0.4, -0.2) is 60.6 Å². The first-order valence-electron chi connectivity index (χ1n) is 9.91. The molecule has 1 saturated carbocycles. The number of ether oxygens (including phenoxy) is 3. The predicted molar refractivity (Wildman–Crippen MR) is 106 cm³/mol. The van der Waals surface area contributed by atoms with Crippen molar-refractivity contribution in [2.24, 2.45) is 5.92 Å². The van der Waals surface area contributed by atoms with Crippen LogP contribution in [0, 0.1) is 5.92 Å². The zero-order valence-corrected chi connectivity index (χ0v) is 16.7. The van der Waals surface area contributed by atoms with Crippen molar-refractivity contribution in [3.8, 4) is 5.75 Å². The summed E-state index contributed by atoms with van der Waals surface area (Å²) in [5.74, 6) is -0.0746. The highest BCUT2D eigenvalue weighted by Gasteiger charge is 2.41. The SMILES string of the molecule is COC(=O)CCCC=CC[C@H]1C(=O)C[C@@H](O)[C@@H]1OCC(O)COc1ccccc1. The molecule has 1 aromatic rings. The number of allylic oxidation sites excluding steroid dienone is 2. The minimum absolute atomic E-state index is 0.0266. The van der Waals surface area contributed by atoms with Gasteiger partial charge in [-0.1, -0.05) is 30.4 Å². The van der Waals surface area contributed by atoms with Gasteiger partial charge in [-0.3, -0.25) is 9.59 Å². The number of aliphatic hydroxyl groups is 2. The summed E-state index contributed by atoms with van der Waals surface area (Å²) >= 11 is 0. The summed E-state index contributed by atoms with van der Waals surface area (Å²) in [7, 11) is 1.36. The van der Waals surface area contributed by atoms with Crippen molar-refractivity contribution in [1.29, 1.82) is 0 Å². The number of para-hydroxylation sites is 1. The summed E-state index contributed by atoms with van der Waals surface area (Å²) in [6.45, 7) is 0.0344. The summed E-state index contributed by atoms with van der Waals surface area (Å²) in [6, 6.07) is 9.14. The molecule has 1 unspecified atom stereocenters. The van der Waals surface area contributed by atoms with Gasteiger partial charge in [0.05, 0.1) is 25.9 Å². The van der Waals surface area contributed by atoms with Crippen LogP contribution >= 0.6 is 0 Å². The molecule has 0 aromatic heterocycles. The zero-order valence-electron chi connectivity index (χ0n) is 16.7. The summed E-state index contributed by atoms with van der Waals surface area (Å²) in [5.41, 5.74) is 0. The van der Waals surface area contributed by atoms with Crippen LogP contribution in [0.5, 0.6) is 5.75 Å². The third kappa shape index (κ3) is 7.97. The molecule has 2 rings (SSSR count). The first-order valence-corrected chi connectivity index (χ1v) is 9.91. The van der Waals surface area contributed by atoms with E-state index in [1.54, 1.807) is 12.1 Å². The smallest absolute Gasteiger partial charge is 0.305 e. The first kappa shape index (κ1) is 23.1. The van der Waals surface area contributed by atoms with E-state index >= 15 is 0 Å². The van der Waals surface area contributed by atoms with Gasteiger partial charge in [0.2, 0.25) is 0 Å². The number of hydrogen-bond donors (Lipinski definition) is 2. The molecule has 7 nitrogen and oxygen atoms in total. The molecule has 7 heteroatoms. The molecule has 2 N–H and O–H groups in total. The lowest BCUT2D eigenvalue weighted by Crippen LogP contribution is -2.34. The molecule has 0 spiro atoms. The Morgan fingerprint density at radius 1 is 1.24 bits per heavy atom. The number of methoxy groups -OCH3 is 1. The Morgan fingerprint density at radius 3 is 2.72 bits per heavy atom. The van der Waals surface area contributed by atoms with Crippen molar-refractivity contribution < 1.29 is 34.0 Å². The summed E-state index contributed by atoms with van der Waals surface area (Å²) in [5, 5.41) is 20.2. The zero-order chi connectivity index (χ0) is 21.1. The Balaban J connectivity index is 1.73. The molecule has 1 fully saturated rings. The summed E-state index contributed by atoms with van der Waals surface area (Å²) in [4.78, 5) is 23.2. The molecule has 0 radical (unpaired) electrons. The Labute approximate surface area is 171 Å². The van der Waals surface area contributed by atoms with Crippen molar-refractivity contribution in [1.82, 2.24) is 0 Å². The van der Waals surface area contributed by atoms with Crippen molar-refractivity contribution in [2.75, 3.05) is 20.3 Å². The van der Waals surface area contributed by atoms with Crippen molar-refractivity contribution in [2.45, 2.75) is 50.4 Å². The largest absolute Gasteiger partial charge is 0.491 e. The molecule has 1 aliphatic carbocycles. The fraction of sp³-hybridized carbons (Fsp3) is 0.545. The van der Waals surface area contributed by atoms with Gasteiger partial charge in [0.15, 0.2) is 0 Å². The van der Waals surface area contributed by atoms with E-state index in [-0.39, 0.29) is 31.4 Å². The quantitative estimate of drug-likeness (QED) is 0.311. The monoisotopic (exact) mass is 406 g/mol. The van der Waals surface area contributed by atoms with E-state index in [4.69, 9.17) is 9.47 Å². The van der Waals surface area contributed by atoms with Crippen molar-refractivity contribution in [3.05, 3.63) is 42.5 Å². The molecule has 29 heavy (non-hydrogen) atoms. The van der Waals surface area contributed by atoms with Crippen LogP contribution in [0.15, 0.2) is 42.5 Å². The van der Waals surface area contributed by atoms with E-state index in [1.807, 2.05) is 30.4 Å². The third-order valence-electron chi connectivity index (χ3n) is 4.80. The van der Waals surface area contributed by atoms with Gasteiger partial charge in [-0.25, -0.2) is 0 Å². The first-order chi connectivity index (χ1) is 14.0. The number of aliphatic hydroxyl groups excluding tert-OH is 2. The maximum absolute atomic E-state index is 12.2. The second-order valence-corrected chi connectivity index (χ2v) is 7.10. The fourth-order valence-electron chi connectivity index (χ4n) is 3.22. The Hall–Kier alpha value is -2.22. The number of Topliss-reactive ketones (excluding diaryl/α,β-unsaturated/α-hetero) is 1. The van der Waals surface area contributed by atoms with Gasteiger partial charge < -0.3 is 24.4 Å². The van der Waals surface area contributed by atoms with E-state index in [0.29, 0.717) is 31.4 Å². The third-order valence-corrected chi connectivity index (χ3v) is 4.80. The van der Waals surface area contributed by atoms with Crippen LogP contribution in [0.3, 0.4) is 0 Å². The van der Waals surface area contributed by atoms with Crippen LogP contribution in [-0.2, 0) is 19.1 Å². The maximum Gasteiger partial charge on any atom is 0.305 e. The molecule has 160 valence electrons. The van der Waals surface area contributed by atoms with E-state index in [9.17, 15) is 19.8 Å². The molecule has 0 saturated heterocycles.